The van der Waals surface area contributed by atoms with E-state index < -0.39 is 0 Å². The molecule has 0 aliphatic carbocycles. The van der Waals surface area contributed by atoms with Gasteiger partial charge in [-0.2, -0.15) is 0 Å². The molecule has 16 heavy (non-hydrogen) atoms. The number of aromatic nitrogens is 2. The highest BCUT2D eigenvalue weighted by Crippen LogP contribution is 2.25. The number of imidazole rings is 1. The molecule has 3 heteroatoms. The fourth-order valence-corrected chi connectivity index (χ4v) is 2.39. The summed E-state index contributed by atoms with van der Waals surface area (Å²) in [7, 11) is 0. The minimum atomic E-state index is 0.556. The molecular weight excluding hydrogens is 200 g/mol. The Balaban J connectivity index is 2.05. The molecule has 1 aliphatic heterocycles. The van der Waals surface area contributed by atoms with E-state index in [1.54, 1.807) is 0 Å². The first-order valence-electron chi connectivity index (χ1n) is 5.85. The van der Waals surface area contributed by atoms with E-state index in [4.69, 9.17) is 4.74 Å². The van der Waals surface area contributed by atoms with Gasteiger partial charge in [-0.1, -0.05) is 6.07 Å². The van der Waals surface area contributed by atoms with Crippen molar-refractivity contribution in [3.63, 3.8) is 0 Å². The molecule has 0 atom stereocenters. The maximum absolute atomic E-state index is 5.40. The first-order chi connectivity index (χ1) is 7.84. The van der Waals surface area contributed by atoms with E-state index in [1.165, 1.54) is 11.1 Å². The van der Waals surface area contributed by atoms with E-state index in [1.807, 2.05) is 6.33 Å². The van der Waals surface area contributed by atoms with Crippen molar-refractivity contribution in [1.82, 2.24) is 9.55 Å². The molecule has 1 aromatic heterocycles. The Morgan fingerprint density at radius 3 is 2.94 bits per heavy atom. The molecule has 0 bridgehead atoms. The monoisotopic (exact) mass is 216 g/mol. The lowest BCUT2D eigenvalue weighted by Gasteiger charge is -2.23. The van der Waals surface area contributed by atoms with Crippen LogP contribution in [0.15, 0.2) is 24.5 Å². The summed E-state index contributed by atoms with van der Waals surface area (Å²) >= 11 is 0. The second-order valence-corrected chi connectivity index (χ2v) is 4.49. The van der Waals surface area contributed by atoms with Gasteiger partial charge in [-0.25, -0.2) is 4.98 Å². The van der Waals surface area contributed by atoms with Gasteiger partial charge in [-0.15, -0.1) is 0 Å². The van der Waals surface area contributed by atoms with Crippen LogP contribution in [0.1, 0.15) is 24.4 Å². The fraction of sp³-hybridized carbons (Fsp3) is 0.462. The first-order valence-corrected chi connectivity index (χ1v) is 5.85. The standard InChI is InChI=1S/C13H16N2O/c1-10-2-3-12-13(8-10)15(9-14-12)11-4-6-16-7-5-11/h2-3,8-9,11H,4-7H2,1H3. The maximum Gasteiger partial charge on any atom is 0.0960 e. The van der Waals surface area contributed by atoms with Crippen LogP contribution < -0.4 is 0 Å². The van der Waals surface area contributed by atoms with Crippen molar-refractivity contribution in [1.29, 1.82) is 0 Å². The van der Waals surface area contributed by atoms with Gasteiger partial charge in [0.2, 0.25) is 0 Å². The Bertz CT molecular complexity index is 498. The summed E-state index contributed by atoms with van der Waals surface area (Å²) in [4.78, 5) is 4.46. The zero-order valence-corrected chi connectivity index (χ0v) is 9.52. The van der Waals surface area contributed by atoms with Gasteiger partial charge in [0.15, 0.2) is 0 Å². The first kappa shape index (κ1) is 9.85. The fourth-order valence-electron chi connectivity index (χ4n) is 2.39. The average molecular weight is 216 g/mol. The van der Waals surface area contributed by atoms with E-state index in [0.29, 0.717) is 6.04 Å². The largest absolute Gasteiger partial charge is 0.381 e. The molecule has 0 saturated carbocycles. The highest BCUT2D eigenvalue weighted by molar-refractivity contribution is 5.76. The van der Waals surface area contributed by atoms with Gasteiger partial charge < -0.3 is 9.30 Å². The Hall–Kier alpha value is -1.35. The van der Waals surface area contributed by atoms with Crippen LogP contribution in [0, 0.1) is 6.92 Å². The van der Waals surface area contributed by atoms with Crippen LogP contribution in [-0.4, -0.2) is 22.8 Å². The van der Waals surface area contributed by atoms with Crippen LogP contribution in [-0.2, 0) is 4.74 Å². The van der Waals surface area contributed by atoms with Crippen molar-refractivity contribution in [3.05, 3.63) is 30.1 Å². The molecule has 1 fully saturated rings. The summed E-state index contributed by atoms with van der Waals surface area (Å²) in [5, 5.41) is 0. The van der Waals surface area contributed by atoms with E-state index in [9.17, 15) is 0 Å². The highest BCUT2D eigenvalue weighted by Gasteiger charge is 2.17. The molecule has 1 aliphatic rings. The molecule has 0 radical (unpaired) electrons. The van der Waals surface area contributed by atoms with Gasteiger partial charge in [-0.05, 0) is 37.5 Å². The second kappa shape index (κ2) is 3.91. The van der Waals surface area contributed by atoms with E-state index >= 15 is 0 Å². The van der Waals surface area contributed by atoms with Crippen LogP contribution in [0.2, 0.25) is 0 Å². The molecule has 3 rings (SSSR count). The van der Waals surface area contributed by atoms with Crippen molar-refractivity contribution >= 4 is 11.0 Å². The van der Waals surface area contributed by atoms with E-state index in [-0.39, 0.29) is 0 Å². The molecule has 0 unspecified atom stereocenters. The molecule has 2 aromatic rings. The molecule has 1 saturated heterocycles. The Morgan fingerprint density at radius 1 is 1.31 bits per heavy atom. The third kappa shape index (κ3) is 1.61. The third-order valence-electron chi connectivity index (χ3n) is 3.31. The number of benzene rings is 1. The average Bonchev–Trinajstić information content (AvgIpc) is 2.73. The van der Waals surface area contributed by atoms with Crippen LogP contribution >= 0.6 is 0 Å². The van der Waals surface area contributed by atoms with Crippen molar-refractivity contribution in [3.8, 4) is 0 Å². The van der Waals surface area contributed by atoms with Crippen LogP contribution in [0.3, 0.4) is 0 Å². The molecule has 1 aromatic carbocycles. The normalized spacial score (nSPS) is 18.1. The van der Waals surface area contributed by atoms with E-state index in [2.05, 4.69) is 34.7 Å². The predicted octanol–water partition coefficient (Wildman–Crippen LogP) is 2.70. The highest BCUT2D eigenvalue weighted by atomic mass is 16.5. The van der Waals surface area contributed by atoms with Crippen molar-refractivity contribution in [2.75, 3.05) is 13.2 Å². The molecule has 0 amide bonds. The lowest BCUT2D eigenvalue weighted by Crippen LogP contribution is -2.18. The molecule has 3 nitrogen and oxygen atoms in total. The number of hydrogen-bond donors (Lipinski definition) is 0. The quantitative estimate of drug-likeness (QED) is 0.732. The molecular formula is C13H16N2O. The predicted molar refractivity (Wildman–Crippen MR) is 63.6 cm³/mol. The Labute approximate surface area is 95.0 Å². The molecule has 84 valence electrons. The number of rotatable bonds is 1. The van der Waals surface area contributed by atoms with Crippen molar-refractivity contribution in [2.45, 2.75) is 25.8 Å². The van der Waals surface area contributed by atoms with Crippen LogP contribution in [0.25, 0.3) is 11.0 Å². The summed E-state index contributed by atoms with van der Waals surface area (Å²) in [6, 6.07) is 6.99. The number of aryl methyl sites for hydroxylation is 1. The molecule has 0 spiro atoms. The maximum atomic E-state index is 5.40. The smallest absolute Gasteiger partial charge is 0.0960 e. The van der Waals surface area contributed by atoms with Gasteiger partial charge in [-0.3, -0.25) is 0 Å². The topological polar surface area (TPSA) is 27.1 Å². The lowest BCUT2D eigenvalue weighted by molar-refractivity contribution is 0.0706. The lowest BCUT2D eigenvalue weighted by atomic mass is 10.1. The van der Waals surface area contributed by atoms with Crippen molar-refractivity contribution in [2.24, 2.45) is 0 Å². The summed E-state index contributed by atoms with van der Waals surface area (Å²) in [6.07, 6.45) is 4.17. The van der Waals surface area contributed by atoms with Gasteiger partial charge in [0.1, 0.15) is 0 Å². The van der Waals surface area contributed by atoms with Gasteiger partial charge in [0.25, 0.3) is 0 Å². The van der Waals surface area contributed by atoms with Gasteiger partial charge >= 0.3 is 0 Å². The number of ether oxygens (including phenoxy) is 1. The SMILES string of the molecule is Cc1ccc2ncn(C3CCOCC3)c2c1. The summed E-state index contributed by atoms with van der Waals surface area (Å²) in [6.45, 7) is 3.87. The minimum absolute atomic E-state index is 0.556. The molecule has 0 N–H and O–H groups in total. The third-order valence-corrected chi connectivity index (χ3v) is 3.31. The van der Waals surface area contributed by atoms with Crippen LogP contribution in [0.5, 0.6) is 0 Å². The van der Waals surface area contributed by atoms with Gasteiger partial charge in [0.05, 0.1) is 17.4 Å². The number of fused-ring (bicyclic) bond motifs is 1. The summed E-state index contributed by atoms with van der Waals surface area (Å²) in [5.74, 6) is 0. The number of nitrogens with zero attached hydrogens (tertiary/aromatic N) is 2. The Morgan fingerprint density at radius 2 is 2.12 bits per heavy atom. The van der Waals surface area contributed by atoms with Crippen molar-refractivity contribution < 1.29 is 4.74 Å². The van der Waals surface area contributed by atoms with E-state index in [0.717, 1.165) is 31.6 Å². The summed E-state index contributed by atoms with van der Waals surface area (Å²) < 4.78 is 7.71. The number of hydrogen-bond acceptors (Lipinski definition) is 2. The Kier molecular flexibility index (Phi) is 2.40. The zero-order chi connectivity index (χ0) is 11.0. The molecule has 2 heterocycles. The second-order valence-electron chi connectivity index (χ2n) is 4.49. The summed E-state index contributed by atoms with van der Waals surface area (Å²) in [5.41, 5.74) is 3.64. The zero-order valence-electron chi connectivity index (χ0n) is 9.52. The van der Waals surface area contributed by atoms with Crippen LogP contribution in [0.4, 0.5) is 0 Å². The van der Waals surface area contributed by atoms with Gasteiger partial charge in [0, 0.05) is 19.3 Å². The minimum Gasteiger partial charge on any atom is -0.381 e.